The minimum Gasteiger partial charge on any atom is -0.435 e. The molecule has 0 saturated carbocycles. The molecule has 32 heavy (non-hydrogen) atoms. The number of aromatic nitrogens is 1. The number of fused-ring (bicyclic) bond motifs is 1. The molecule has 6 nitrogen and oxygen atoms in total. The Morgan fingerprint density at radius 1 is 1.12 bits per heavy atom. The highest BCUT2D eigenvalue weighted by Crippen LogP contribution is 2.35. The van der Waals surface area contributed by atoms with Crippen LogP contribution in [0.3, 0.4) is 0 Å². The Bertz CT molecular complexity index is 1220. The van der Waals surface area contributed by atoms with Crippen LogP contribution in [0.25, 0.3) is 28.1 Å². The van der Waals surface area contributed by atoms with Gasteiger partial charge in [0.05, 0.1) is 17.6 Å². The van der Waals surface area contributed by atoms with Crippen molar-refractivity contribution in [3.63, 3.8) is 0 Å². The quantitative estimate of drug-likeness (QED) is 0.483. The number of amides is 2. The number of benzene rings is 2. The second kappa shape index (κ2) is 7.95. The molecule has 1 aliphatic rings. The number of nitrogens with zero attached hydrogens (tertiary/aromatic N) is 1. The average Bonchev–Trinajstić information content (AvgIpc) is 3.15. The van der Waals surface area contributed by atoms with Gasteiger partial charge in [0.1, 0.15) is 12.1 Å². The Hall–Kier alpha value is -3.38. The summed E-state index contributed by atoms with van der Waals surface area (Å²) in [5.41, 5.74) is 10.4. The van der Waals surface area contributed by atoms with Crippen LogP contribution in [-0.4, -0.2) is 45.2 Å². The number of primary amides is 1. The van der Waals surface area contributed by atoms with Crippen molar-refractivity contribution in [2.75, 3.05) is 13.1 Å². The number of carbonyl (C=O) groups is 2. The van der Waals surface area contributed by atoms with Gasteiger partial charge in [0.2, 0.25) is 0 Å². The largest absolute Gasteiger partial charge is 0.514 e. The number of piperidine rings is 1. The SMILES string of the molecule is CC(C)(C)[N+]1(C(=O)O)CCC/C(=C/c2c[nH]c3c(C(N)=O)cc(-c4ccccc4)cc23)C1. The number of carbonyl (C=O) groups excluding carboxylic acids is 1. The van der Waals surface area contributed by atoms with Crippen LogP contribution < -0.4 is 5.73 Å². The van der Waals surface area contributed by atoms with Gasteiger partial charge < -0.3 is 15.8 Å². The average molecular weight is 433 g/mol. The van der Waals surface area contributed by atoms with Gasteiger partial charge in [0, 0.05) is 18.0 Å². The van der Waals surface area contributed by atoms with Crippen molar-refractivity contribution in [3.05, 3.63) is 65.4 Å². The van der Waals surface area contributed by atoms with Gasteiger partial charge in [0.15, 0.2) is 0 Å². The first-order valence-corrected chi connectivity index (χ1v) is 10.9. The Morgan fingerprint density at radius 2 is 1.84 bits per heavy atom. The van der Waals surface area contributed by atoms with Crippen molar-refractivity contribution in [1.82, 2.24) is 4.98 Å². The number of carboxylic acid groups (broad SMARTS) is 1. The van der Waals surface area contributed by atoms with E-state index >= 15 is 0 Å². The number of aromatic amines is 1. The maximum atomic E-state index is 12.3. The van der Waals surface area contributed by atoms with Crippen LogP contribution in [0.4, 0.5) is 4.79 Å². The summed E-state index contributed by atoms with van der Waals surface area (Å²) in [6, 6.07) is 13.8. The molecule has 0 spiro atoms. The molecule has 166 valence electrons. The number of H-pyrrole nitrogens is 1. The Labute approximate surface area is 187 Å². The molecule has 1 unspecified atom stereocenters. The molecule has 4 rings (SSSR count). The third kappa shape index (κ3) is 3.71. The number of hydrogen-bond acceptors (Lipinski definition) is 2. The number of hydrogen-bond donors (Lipinski definition) is 3. The lowest BCUT2D eigenvalue weighted by Gasteiger charge is -2.46. The topological polar surface area (TPSA) is 96.2 Å². The monoisotopic (exact) mass is 432 g/mol. The predicted molar refractivity (Wildman–Crippen MR) is 127 cm³/mol. The maximum absolute atomic E-state index is 12.3. The van der Waals surface area contributed by atoms with Gasteiger partial charge in [-0.1, -0.05) is 30.3 Å². The number of rotatable bonds is 3. The van der Waals surface area contributed by atoms with E-state index in [-0.39, 0.29) is 4.48 Å². The van der Waals surface area contributed by atoms with Crippen LogP contribution >= 0.6 is 0 Å². The van der Waals surface area contributed by atoms with Crippen molar-refractivity contribution in [2.45, 2.75) is 39.2 Å². The van der Waals surface area contributed by atoms with Gasteiger partial charge >= 0.3 is 6.09 Å². The highest BCUT2D eigenvalue weighted by atomic mass is 16.4. The van der Waals surface area contributed by atoms with Crippen molar-refractivity contribution in [2.24, 2.45) is 5.73 Å². The van der Waals surface area contributed by atoms with Gasteiger partial charge in [-0.15, -0.1) is 0 Å². The standard InChI is InChI=1S/C26H29N3O3/c1-26(2,3)29(25(31)32)11-7-8-17(16-29)12-20-15-28-23-21(20)13-19(14-22(23)24(27)30)18-9-5-4-6-10-18/h4-6,9-10,12-15H,7-8,11,16H2,1-3H3,(H3-,27,28,30,31,32)/p+1/b17-12-. The Kier molecular flexibility index (Phi) is 5.42. The van der Waals surface area contributed by atoms with Crippen LogP contribution in [0, 0.1) is 0 Å². The lowest BCUT2D eigenvalue weighted by atomic mass is 9.92. The van der Waals surface area contributed by atoms with Crippen LogP contribution in [-0.2, 0) is 0 Å². The van der Waals surface area contributed by atoms with Crippen molar-refractivity contribution < 1.29 is 19.2 Å². The molecular weight excluding hydrogens is 402 g/mol. The molecule has 0 bridgehead atoms. The lowest BCUT2D eigenvalue weighted by Crippen LogP contribution is -2.65. The summed E-state index contributed by atoms with van der Waals surface area (Å²) >= 11 is 0. The van der Waals surface area contributed by atoms with Crippen molar-refractivity contribution in [3.8, 4) is 11.1 Å². The van der Waals surface area contributed by atoms with Crippen LogP contribution in [0.15, 0.2) is 54.2 Å². The summed E-state index contributed by atoms with van der Waals surface area (Å²) in [4.78, 5) is 27.7. The molecule has 4 N–H and O–H groups in total. The zero-order valence-corrected chi connectivity index (χ0v) is 18.8. The second-order valence-corrected chi connectivity index (χ2v) is 9.63. The van der Waals surface area contributed by atoms with Crippen LogP contribution in [0.2, 0.25) is 0 Å². The highest BCUT2D eigenvalue weighted by molar-refractivity contribution is 6.08. The summed E-state index contributed by atoms with van der Waals surface area (Å²) in [5, 5.41) is 11.0. The third-order valence-electron chi connectivity index (χ3n) is 6.71. The first kappa shape index (κ1) is 21.8. The molecule has 6 heteroatoms. The van der Waals surface area contributed by atoms with E-state index in [1.807, 2.05) is 63.4 Å². The van der Waals surface area contributed by atoms with E-state index in [0.29, 0.717) is 24.2 Å². The molecular formula is C26H30N3O3+. The van der Waals surface area contributed by atoms with Gasteiger partial charge in [-0.3, -0.25) is 4.79 Å². The van der Waals surface area contributed by atoms with Gasteiger partial charge in [0.25, 0.3) is 5.91 Å². The summed E-state index contributed by atoms with van der Waals surface area (Å²) in [5.74, 6) is -0.485. The molecule has 0 radical (unpaired) electrons. The number of likely N-dealkylation sites (tertiary alicyclic amines) is 1. The zero-order chi connectivity index (χ0) is 23.1. The molecule has 0 aliphatic carbocycles. The van der Waals surface area contributed by atoms with E-state index in [9.17, 15) is 14.7 Å². The zero-order valence-electron chi connectivity index (χ0n) is 18.8. The van der Waals surface area contributed by atoms with E-state index in [2.05, 4.69) is 17.1 Å². The third-order valence-corrected chi connectivity index (χ3v) is 6.71. The number of nitrogens with one attached hydrogen (secondary N) is 1. The smallest absolute Gasteiger partial charge is 0.435 e. The van der Waals surface area contributed by atoms with E-state index < -0.39 is 17.5 Å². The number of quaternary nitrogens is 1. The maximum Gasteiger partial charge on any atom is 0.514 e. The fourth-order valence-corrected chi connectivity index (χ4v) is 4.81. The van der Waals surface area contributed by atoms with Crippen molar-refractivity contribution >= 4 is 29.0 Å². The highest BCUT2D eigenvalue weighted by Gasteiger charge is 2.49. The fraction of sp³-hybridized carbons (Fsp3) is 0.308. The molecule has 2 amide bonds. The minimum atomic E-state index is -0.788. The predicted octanol–water partition coefficient (Wildman–Crippen LogP) is 5.40. The summed E-state index contributed by atoms with van der Waals surface area (Å²) < 4.78 is 0.0169. The normalized spacial score (nSPS) is 20.5. The van der Waals surface area contributed by atoms with Gasteiger partial charge in [-0.2, -0.15) is 4.79 Å². The van der Waals surface area contributed by atoms with Gasteiger partial charge in [-0.05, 0) is 67.7 Å². The van der Waals surface area contributed by atoms with Crippen molar-refractivity contribution in [1.29, 1.82) is 0 Å². The molecule has 1 fully saturated rings. The molecule has 3 aromatic rings. The molecule has 2 aromatic carbocycles. The number of nitrogens with two attached hydrogens (primary N) is 1. The lowest BCUT2D eigenvalue weighted by molar-refractivity contribution is -0.902. The van der Waals surface area contributed by atoms with Crippen LogP contribution in [0.5, 0.6) is 0 Å². The summed E-state index contributed by atoms with van der Waals surface area (Å²) in [6.07, 6.45) is 4.85. The Balaban J connectivity index is 1.83. The fourth-order valence-electron chi connectivity index (χ4n) is 4.81. The van der Waals surface area contributed by atoms with E-state index in [0.717, 1.165) is 40.5 Å². The van der Waals surface area contributed by atoms with Crippen LogP contribution in [0.1, 0.15) is 49.5 Å². The van der Waals surface area contributed by atoms with Gasteiger partial charge in [-0.25, -0.2) is 4.48 Å². The summed E-state index contributed by atoms with van der Waals surface area (Å²) in [6.45, 7) is 7.05. The molecule has 2 heterocycles. The second-order valence-electron chi connectivity index (χ2n) is 9.63. The molecule has 1 aliphatic heterocycles. The van der Waals surface area contributed by atoms with E-state index in [4.69, 9.17) is 5.73 Å². The summed E-state index contributed by atoms with van der Waals surface area (Å²) in [7, 11) is 0. The first-order chi connectivity index (χ1) is 15.1. The first-order valence-electron chi connectivity index (χ1n) is 10.9. The van der Waals surface area contributed by atoms with E-state index in [1.54, 1.807) is 0 Å². The molecule has 1 atom stereocenters. The Morgan fingerprint density at radius 3 is 2.47 bits per heavy atom. The minimum absolute atomic E-state index is 0.0169. The van der Waals surface area contributed by atoms with E-state index in [1.165, 1.54) is 0 Å². The molecule has 1 aromatic heterocycles. The molecule has 1 saturated heterocycles.